The molecular formula is C16H14BrNO3S2. The minimum absolute atomic E-state index is 0.0702. The van der Waals surface area contributed by atoms with Crippen molar-refractivity contribution in [2.24, 2.45) is 0 Å². The first-order valence-electron chi connectivity index (χ1n) is 6.95. The molecule has 0 spiro atoms. The summed E-state index contributed by atoms with van der Waals surface area (Å²) in [6.45, 7) is 0. The molecular weight excluding hydrogens is 398 g/mol. The number of thiophene rings is 1. The third-order valence-electron chi connectivity index (χ3n) is 3.52. The zero-order valence-corrected chi connectivity index (χ0v) is 15.3. The second kappa shape index (κ2) is 6.59. The van der Waals surface area contributed by atoms with Crippen molar-refractivity contribution in [2.45, 2.75) is 12.5 Å². The van der Waals surface area contributed by atoms with E-state index in [1.54, 1.807) is 11.0 Å². The number of anilines is 1. The normalized spacial score (nSPS) is 18.9. The number of halogens is 1. The molecule has 7 heteroatoms. The number of carbonyl (C=O) groups excluding carboxylic acids is 1. The smallest absolute Gasteiger partial charge is 0.232 e. The minimum atomic E-state index is -3.23. The van der Waals surface area contributed by atoms with E-state index in [-0.39, 0.29) is 18.1 Å². The molecule has 0 radical (unpaired) electrons. The van der Waals surface area contributed by atoms with Crippen molar-refractivity contribution in [1.82, 2.24) is 0 Å². The van der Waals surface area contributed by atoms with Gasteiger partial charge in [0.05, 0.1) is 18.2 Å². The maximum atomic E-state index is 12.8. The highest BCUT2D eigenvalue weighted by molar-refractivity contribution is 9.10. The highest BCUT2D eigenvalue weighted by Crippen LogP contribution is 2.26. The Morgan fingerprint density at radius 3 is 2.57 bits per heavy atom. The van der Waals surface area contributed by atoms with Crippen LogP contribution in [0.5, 0.6) is 0 Å². The molecule has 0 saturated carbocycles. The van der Waals surface area contributed by atoms with Crippen LogP contribution in [0.15, 0.2) is 57.7 Å². The summed E-state index contributed by atoms with van der Waals surface area (Å²) in [5.74, 6) is -0.180. The van der Waals surface area contributed by atoms with Gasteiger partial charge < -0.3 is 4.90 Å². The topological polar surface area (TPSA) is 54.5 Å². The van der Waals surface area contributed by atoms with Crippen LogP contribution in [0.3, 0.4) is 0 Å². The van der Waals surface area contributed by atoms with E-state index in [2.05, 4.69) is 15.9 Å². The summed E-state index contributed by atoms with van der Waals surface area (Å²) in [6, 6.07) is 10.7. The molecule has 1 aliphatic heterocycles. The maximum absolute atomic E-state index is 12.8. The predicted octanol–water partition coefficient (Wildman–Crippen LogP) is 3.40. The predicted molar refractivity (Wildman–Crippen MR) is 96.4 cm³/mol. The largest absolute Gasteiger partial charge is 0.304 e. The van der Waals surface area contributed by atoms with Gasteiger partial charge in [0.15, 0.2) is 9.84 Å². The number of carbonyl (C=O) groups is 1. The van der Waals surface area contributed by atoms with Crippen LogP contribution < -0.4 is 4.90 Å². The molecule has 0 fully saturated rings. The van der Waals surface area contributed by atoms with Crippen LogP contribution in [0.25, 0.3) is 0 Å². The molecule has 4 nitrogen and oxygen atoms in total. The zero-order valence-electron chi connectivity index (χ0n) is 12.1. The van der Waals surface area contributed by atoms with Gasteiger partial charge in [-0.15, -0.1) is 11.3 Å². The third kappa shape index (κ3) is 3.91. The van der Waals surface area contributed by atoms with Crippen molar-refractivity contribution in [3.63, 3.8) is 0 Å². The van der Waals surface area contributed by atoms with E-state index in [0.717, 1.165) is 9.35 Å². The second-order valence-electron chi connectivity index (χ2n) is 5.22. The number of amides is 1. The van der Waals surface area contributed by atoms with Crippen LogP contribution >= 0.6 is 27.3 Å². The zero-order chi connectivity index (χ0) is 16.4. The average molecular weight is 412 g/mol. The number of rotatable bonds is 4. The number of benzene rings is 1. The van der Waals surface area contributed by atoms with Gasteiger partial charge in [-0.1, -0.05) is 22.0 Å². The molecule has 23 heavy (non-hydrogen) atoms. The highest BCUT2D eigenvalue weighted by Gasteiger charge is 2.31. The third-order valence-corrected chi connectivity index (χ3v) is 6.30. The van der Waals surface area contributed by atoms with Gasteiger partial charge >= 0.3 is 0 Å². The highest BCUT2D eigenvalue weighted by atomic mass is 79.9. The van der Waals surface area contributed by atoms with Crippen molar-refractivity contribution in [2.75, 3.05) is 10.7 Å². The van der Waals surface area contributed by atoms with Gasteiger partial charge in [0.1, 0.15) is 0 Å². The molecule has 0 N–H and O–H groups in total. The van der Waals surface area contributed by atoms with Crippen molar-refractivity contribution >= 4 is 48.7 Å². The van der Waals surface area contributed by atoms with Crippen molar-refractivity contribution in [3.8, 4) is 0 Å². The molecule has 0 unspecified atom stereocenters. The van der Waals surface area contributed by atoms with E-state index in [4.69, 9.17) is 0 Å². The van der Waals surface area contributed by atoms with E-state index >= 15 is 0 Å². The van der Waals surface area contributed by atoms with Gasteiger partial charge in [-0.2, -0.15) is 0 Å². The number of sulfone groups is 1. The van der Waals surface area contributed by atoms with Crippen LogP contribution in [0.4, 0.5) is 5.69 Å². The summed E-state index contributed by atoms with van der Waals surface area (Å²) < 4.78 is 24.4. The first-order valence-corrected chi connectivity index (χ1v) is 10.3. The molecule has 0 bridgehead atoms. The van der Waals surface area contributed by atoms with Crippen molar-refractivity contribution in [3.05, 3.63) is 62.6 Å². The second-order valence-corrected chi connectivity index (χ2v) is 9.10. The van der Waals surface area contributed by atoms with Gasteiger partial charge in [0.2, 0.25) is 5.91 Å². The fourth-order valence-corrected chi connectivity index (χ4v) is 4.72. The Bertz CT molecular complexity index is 827. The summed E-state index contributed by atoms with van der Waals surface area (Å²) >= 11 is 4.89. The number of nitrogens with zero attached hydrogens (tertiary/aromatic N) is 1. The molecule has 0 saturated heterocycles. The van der Waals surface area contributed by atoms with Gasteiger partial charge in [-0.25, -0.2) is 8.42 Å². The summed E-state index contributed by atoms with van der Waals surface area (Å²) in [5.41, 5.74) is 0.696. The summed E-state index contributed by atoms with van der Waals surface area (Å²) in [4.78, 5) is 15.3. The Balaban J connectivity index is 1.91. The van der Waals surface area contributed by atoms with Gasteiger partial charge in [-0.05, 0) is 41.8 Å². The van der Waals surface area contributed by atoms with Crippen molar-refractivity contribution in [1.29, 1.82) is 0 Å². The number of hydrogen-bond donors (Lipinski definition) is 0. The Kier molecular flexibility index (Phi) is 4.70. The standard InChI is InChI=1S/C16H14BrNO3S2/c17-12-3-5-13(6-4-12)18(14-7-9-23(20,21)11-14)16(19)10-15-2-1-8-22-15/h1-9,14H,10-11H2/t14-/m1/s1. The molecule has 1 atom stereocenters. The summed E-state index contributed by atoms with van der Waals surface area (Å²) in [5, 5.41) is 3.12. The molecule has 120 valence electrons. The fraction of sp³-hybridized carbons (Fsp3) is 0.188. The monoisotopic (exact) mass is 411 g/mol. The van der Waals surface area contributed by atoms with Crippen LogP contribution in [0.1, 0.15) is 4.88 Å². The molecule has 1 aliphatic rings. The fourth-order valence-electron chi connectivity index (χ4n) is 2.49. The van der Waals surface area contributed by atoms with E-state index < -0.39 is 15.9 Å². The van der Waals surface area contributed by atoms with Gasteiger partial charge in [-0.3, -0.25) is 4.79 Å². The quantitative estimate of drug-likeness (QED) is 0.774. The minimum Gasteiger partial charge on any atom is -0.304 e. The molecule has 1 aromatic heterocycles. The van der Waals surface area contributed by atoms with Crippen molar-refractivity contribution < 1.29 is 13.2 Å². The van der Waals surface area contributed by atoms with Gasteiger partial charge in [0, 0.05) is 20.4 Å². The summed E-state index contributed by atoms with van der Waals surface area (Å²) in [6.07, 6.45) is 1.85. The van der Waals surface area contributed by atoms with E-state index in [9.17, 15) is 13.2 Å². The molecule has 1 aromatic carbocycles. The maximum Gasteiger partial charge on any atom is 0.232 e. The lowest BCUT2D eigenvalue weighted by Crippen LogP contribution is -2.42. The lowest BCUT2D eigenvalue weighted by molar-refractivity contribution is -0.118. The number of hydrogen-bond acceptors (Lipinski definition) is 4. The first-order chi connectivity index (χ1) is 10.9. The van der Waals surface area contributed by atoms with Crippen LogP contribution in [0, 0.1) is 0 Å². The summed E-state index contributed by atoms with van der Waals surface area (Å²) in [7, 11) is -3.23. The van der Waals surface area contributed by atoms with Crippen LogP contribution in [-0.2, 0) is 21.1 Å². The lowest BCUT2D eigenvalue weighted by Gasteiger charge is -2.27. The Hall–Kier alpha value is -1.44. The first kappa shape index (κ1) is 16.4. The molecule has 3 rings (SSSR count). The molecule has 0 aliphatic carbocycles. The average Bonchev–Trinajstić information content (AvgIpc) is 3.11. The lowest BCUT2D eigenvalue weighted by atomic mass is 10.2. The molecule has 2 heterocycles. The van der Waals surface area contributed by atoms with Crippen LogP contribution in [-0.4, -0.2) is 26.1 Å². The van der Waals surface area contributed by atoms with Gasteiger partial charge in [0.25, 0.3) is 0 Å². The Morgan fingerprint density at radius 2 is 2.00 bits per heavy atom. The molecule has 2 aromatic rings. The van der Waals surface area contributed by atoms with Crippen LogP contribution in [0.2, 0.25) is 0 Å². The van der Waals surface area contributed by atoms with E-state index in [1.807, 2.05) is 41.8 Å². The Morgan fingerprint density at radius 1 is 1.26 bits per heavy atom. The Labute approximate surface area is 147 Å². The van der Waals surface area contributed by atoms with E-state index in [1.165, 1.54) is 16.7 Å². The van der Waals surface area contributed by atoms with E-state index in [0.29, 0.717) is 5.69 Å². The SMILES string of the molecule is O=C(Cc1cccs1)N(c1ccc(Br)cc1)[C@@H]1C=CS(=O)(=O)C1. The molecule has 1 amide bonds.